The second-order valence-electron chi connectivity index (χ2n) is 8.20. The van der Waals surface area contributed by atoms with E-state index >= 15 is 0 Å². The number of amides is 1. The van der Waals surface area contributed by atoms with Gasteiger partial charge in [0.2, 0.25) is 0 Å². The van der Waals surface area contributed by atoms with E-state index in [1.54, 1.807) is 0 Å². The summed E-state index contributed by atoms with van der Waals surface area (Å²) in [4.78, 5) is 25.8. The standard InChI is InChI=1S/C25H28N4O2/c30-25(29-14-16-31-17-15-29)21(24-26-22-6-2-3-7-23(22)27-24)18-19-8-10-20(11-9-19)28-12-4-1-5-13-28/h2-3,6-11,18H,1,4-5,12-17H2,(H,26,27)/b21-18+. The van der Waals surface area contributed by atoms with Crippen LogP contribution >= 0.6 is 0 Å². The number of hydrogen-bond acceptors (Lipinski definition) is 4. The van der Waals surface area contributed by atoms with Crippen molar-refractivity contribution in [3.8, 4) is 0 Å². The zero-order chi connectivity index (χ0) is 21.0. The third-order valence-electron chi connectivity index (χ3n) is 6.10. The molecule has 31 heavy (non-hydrogen) atoms. The first-order chi connectivity index (χ1) is 15.3. The molecule has 160 valence electrons. The maximum absolute atomic E-state index is 13.4. The molecule has 5 rings (SSSR count). The van der Waals surface area contributed by atoms with Gasteiger partial charge in [0.1, 0.15) is 5.82 Å². The second-order valence-corrected chi connectivity index (χ2v) is 8.20. The van der Waals surface area contributed by atoms with E-state index in [0.29, 0.717) is 37.7 Å². The minimum absolute atomic E-state index is 0.0116. The van der Waals surface area contributed by atoms with Crippen molar-refractivity contribution in [1.82, 2.24) is 14.9 Å². The summed E-state index contributed by atoms with van der Waals surface area (Å²) < 4.78 is 5.43. The average Bonchev–Trinajstić information content (AvgIpc) is 3.28. The number of piperidine rings is 1. The maximum Gasteiger partial charge on any atom is 0.257 e. The van der Waals surface area contributed by atoms with Crippen molar-refractivity contribution in [2.45, 2.75) is 19.3 Å². The highest BCUT2D eigenvalue weighted by molar-refractivity contribution is 6.23. The fourth-order valence-corrected chi connectivity index (χ4v) is 4.35. The molecule has 0 radical (unpaired) electrons. The van der Waals surface area contributed by atoms with Crippen LogP contribution in [0.2, 0.25) is 0 Å². The molecule has 0 atom stereocenters. The predicted octanol–water partition coefficient (Wildman–Crippen LogP) is 3.95. The molecule has 2 saturated heterocycles. The van der Waals surface area contributed by atoms with Gasteiger partial charge in [-0.25, -0.2) is 4.98 Å². The van der Waals surface area contributed by atoms with Crippen molar-refractivity contribution in [2.24, 2.45) is 0 Å². The number of morpholine rings is 1. The molecule has 0 unspecified atom stereocenters. The lowest BCUT2D eigenvalue weighted by molar-refractivity contribution is -0.128. The zero-order valence-corrected chi connectivity index (χ0v) is 17.7. The van der Waals surface area contributed by atoms with Gasteiger partial charge in [-0.1, -0.05) is 24.3 Å². The van der Waals surface area contributed by atoms with Crippen LogP contribution in [0, 0.1) is 0 Å². The molecule has 0 spiro atoms. The highest BCUT2D eigenvalue weighted by Crippen LogP contribution is 2.25. The van der Waals surface area contributed by atoms with Crippen molar-refractivity contribution in [2.75, 3.05) is 44.3 Å². The first-order valence-corrected chi connectivity index (χ1v) is 11.2. The van der Waals surface area contributed by atoms with Gasteiger partial charge in [-0.05, 0) is 55.2 Å². The van der Waals surface area contributed by atoms with Crippen LogP contribution in [-0.4, -0.2) is 60.2 Å². The third-order valence-corrected chi connectivity index (χ3v) is 6.10. The number of ether oxygens (including phenoxy) is 1. The number of nitrogens with zero attached hydrogens (tertiary/aromatic N) is 3. The van der Waals surface area contributed by atoms with E-state index < -0.39 is 0 Å². The van der Waals surface area contributed by atoms with Crippen LogP contribution in [0.4, 0.5) is 5.69 Å². The van der Waals surface area contributed by atoms with Crippen LogP contribution in [0.15, 0.2) is 48.5 Å². The molecule has 6 nitrogen and oxygen atoms in total. The molecule has 0 saturated carbocycles. The van der Waals surface area contributed by atoms with Gasteiger partial charge >= 0.3 is 0 Å². The summed E-state index contributed by atoms with van der Waals surface area (Å²) in [5, 5.41) is 0. The Morgan fingerprint density at radius 1 is 0.935 bits per heavy atom. The largest absolute Gasteiger partial charge is 0.378 e. The second kappa shape index (κ2) is 8.94. The van der Waals surface area contributed by atoms with Gasteiger partial charge in [-0.2, -0.15) is 0 Å². The Labute approximate surface area is 182 Å². The Morgan fingerprint density at radius 3 is 2.42 bits per heavy atom. The van der Waals surface area contributed by atoms with Crippen molar-refractivity contribution in [3.63, 3.8) is 0 Å². The molecule has 3 heterocycles. The highest BCUT2D eigenvalue weighted by Gasteiger charge is 2.24. The minimum atomic E-state index is -0.0116. The highest BCUT2D eigenvalue weighted by atomic mass is 16.5. The number of anilines is 1. The molecular weight excluding hydrogens is 388 g/mol. The third kappa shape index (κ3) is 4.35. The smallest absolute Gasteiger partial charge is 0.257 e. The number of benzene rings is 2. The number of fused-ring (bicyclic) bond motifs is 1. The lowest BCUT2D eigenvalue weighted by atomic mass is 10.1. The predicted molar refractivity (Wildman–Crippen MR) is 124 cm³/mol. The molecule has 0 bridgehead atoms. The van der Waals surface area contributed by atoms with E-state index in [2.05, 4.69) is 34.1 Å². The number of rotatable bonds is 4. The van der Waals surface area contributed by atoms with Gasteiger partial charge in [0.15, 0.2) is 0 Å². The Bertz CT molecular complexity index is 1040. The quantitative estimate of drug-likeness (QED) is 0.654. The number of aromatic nitrogens is 2. The van der Waals surface area contributed by atoms with Gasteiger partial charge in [-0.15, -0.1) is 0 Å². The molecule has 1 aromatic heterocycles. The summed E-state index contributed by atoms with van der Waals surface area (Å²) in [6, 6.07) is 16.4. The molecular formula is C25H28N4O2. The van der Waals surface area contributed by atoms with Crippen LogP contribution in [-0.2, 0) is 9.53 Å². The summed E-state index contributed by atoms with van der Waals surface area (Å²) in [6.07, 6.45) is 5.79. The lowest BCUT2D eigenvalue weighted by Gasteiger charge is -2.29. The Kier molecular flexibility index (Phi) is 5.71. The number of aromatic amines is 1. The van der Waals surface area contributed by atoms with E-state index in [-0.39, 0.29) is 5.91 Å². The monoisotopic (exact) mass is 416 g/mol. The summed E-state index contributed by atoms with van der Waals surface area (Å²) in [7, 11) is 0. The average molecular weight is 417 g/mol. The normalized spacial score (nSPS) is 17.9. The Hall–Kier alpha value is -3.12. The molecule has 6 heteroatoms. The van der Waals surface area contributed by atoms with Crippen molar-refractivity contribution >= 4 is 34.3 Å². The molecule has 2 aliphatic rings. The minimum Gasteiger partial charge on any atom is -0.378 e. The molecule has 3 aromatic rings. The van der Waals surface area contributed by atoms with Gasteiger partial charge in [0.25, 0.3) is 5.91 Å². The molecule has 1 amide bonds. The molecule has 1 N–H and O–H groups in total. The van der Waals surface area contributed by atoms with Crippen LogP contribution in [0.25, 0.3) is 22.7 Å². The number of carbonyl (C=O) groups excluding carboxylic acids is 1. The Morgan fingerprint density at radius 2 is 1.68 bits per heavy atom. The SMILES string of the molecule is O=C(/C(=C/c1ccc(N2CCCCC2)cc1)c1nc2ccccc2[nH]1)N1CCOCC1. The van der Waals surface area contributed by atoms with E-state index in [4.69, 9.17) is 9.72 Å². The molecule has 2 aliphatic heterocycles. The van der Waals surface area contributed by atoms with Crippen molar-refractivity contribution in [3.05, 3.63) is 59.9 Å². The lowest BCUT2D eigenvalue weighted by Crippen LogP contribution is -2.41. The molecule has 0 aliphatic carbocycles. The number of imidazole rings is 1. The summed E-state index contributed by atoms with van der Waals surface area (Å²) in [6.45, 7) is 4.59. The van der Waals surface area contributed by atoms with Gasteiger partial charge in [-0.3, -0.25) is 4.79 Å². The van der Waals surface area contributed by atoms with Crippen LogP contribution in [0.1, 0.15) is 30.7 Å². The van der Waals surface area contributed by atoms with Crippen molar-refractivity contribution in [1.29, 1.82) is 0 Å². The number of H-pyrrole nitrogens is 1. The molecule has 2 aromatic carbocycles. The fourth-order valence-electron chi connectivity index (χ4n) is 4.35. The van der Waals surface area contributed by atoms with Crippen LogP contribution < -0.4 is 4.90 Å². The van der Waals surface area contributed by atoms with E-state index in [1.807, 2.05) is 35.2 Å². The van der Waals surface area contributed by atoms with Gasteiger partial charge in [0.05, 0.1) is 29.8 Å². The summed E-state index contributed by atoms with van der Waals surface area (Å²) >= 11 is 0. The first kappa shape index (κ1) is 19.8. The zero-order valence-electron chi connectivity index (χ0n) is 17.7. The Balaban J connectivity index is 1.48. The maximum atomic E-state index is 13.4. The van der Waals surface area contributed by atoms with E-state index in [1.165, 1.54) is 24.9 Å². The summed E-state index contributed by atoms with van der Waals surface area (Å²) in [5.41, 5.74) is 4.63. The van der Waals surface area contributed by atoms with Crippen molar-refractivity contribution < 1.29 is 9.53 Å². The number of carbonyl (C=O) groups is 1. The number of para-hydroxylation sites is 2. The first-order valence-electron chi connectivity index (χ1n) is 11.2. The fraction of sp³-hybridized carbons (Fsp3) is 0.360. The summed E-state index contributed by atoms with van der Waals surface area (Å²) in [5.74, 6) is 0.597. The van der Waals surface area contributed by atoms with Gasteiger partial charge < -0.3 is 19.5 Å². The van der Waals surface area contributed by atoms with E-state index in [9.17, 15) is 4.79 Å². The van der Waals surface area contributed by atoms with E-state index in [0.717, 1.165) is 29.7 Å². The molecule has 2 fully saturated rings. The van der Waals surface area contributed by atoms with Crippen LogP contribution in [0.5, 0.6) is 0 Å². The number of hydrogen-bond donors (Lipinski definition) is 1. The number of nitrogens with one attached hydrogen (secondary N) is 1. The van der Waals surface area contributed by atoms with Crippen LogP contribution in [0.3, 0.4) is 0 Å². The van der Waals surface area contributed by atoms with Gasteiger partial charge in [0, 0.05) is 31.9 Å². The topological polar surface area (TPSA) is 61.5 Å².